The maximum atomic E-state index is 13.3. The highest BCUT2D eigenvalue weighted by molar-refractivity contribution is 5.92. The van der Waals surface area contributed by atoms with Crippen LogP contribution in [-0.4, -0.2) is 17.4 Å². The molecule has 0 bridgehead atoms. The molecule has 0 amide bonds. The molecule has 0 aromatic heterocycles. The molecule has 0 radical (unpaired) electrons. The van der Waals surface area contributed by atoms with Gasteiger partial charge >= 0.3 is 18.5 Å². The lowest BCUT2D eigenvalue weighted by atomic mass is 9.95. The molecular weight excluding hydrogens is 342 g/mol. The van der Waals surface area contributed by atoms with E-state index in [1.54, 1.807) is 0 Å². The molecule has 0 aliphatic rings. The Kier molecular flexibility index (Phi) is 4.46. The first kappa shape index (κ1) is 17.6. The van der Waals surface area contributed by atoms with Crippen molar-refractivity contribution in [1.82, 2.24) is 0 Å². The van der Waals surface area contributed by atoms with Crippen LogP contribution < -0.4 is 4.74 Å². The molecule has 0 spiro atoms. The molecule has 0 saturated carbocycles. The third kappa shape index (κ3) is 3.98. The molecular formula is C15H8F6O3. The molecule has 2 aromatic carbocycles. The van der Waals surface area contributed by atoms with Crippen molar-refractivity contribution in [2.45, 2.75) is 12.5 Å². The zero-order valence-corrected chi connectivity index (χ0v) is 11.6. The number of ether oxygens (including phenoxy) is 1. The van der Waals surface area contributed by atoms with Crippen molar-refractivity contribution in [3.8, 4) is 16.9 Å². The minimum absolute atomic E-state index is 0.257. The lowest BCUT2D eigenvalue weighted by molar-refractivity contribution is -0.274. The van der Waals surface area contributed by atoms with E-state index in [2.05, 4.69) is 4.74 Å². The number of rotatable bonds is 3. The highest BCUT2D eigenvalue weighted by Gasteiger charge is 2.38. The van der Waals surface area contributed by atoms with Crippen LogP contribution in [0.3, 0.4) is 0 Å². The van der Waals surface area contributed by atoms with Gasteiger partial charge in [-0.3, -0.25) is 0 Å². The average molecular weight is 350 g/mol. The van der Waals surface area contributed by atoms with E-state index >= 15 is 0 Å². The smallest absolute Gasteiger partial charge is 0.478 e. The second-order valence-corrected chi connectivity index (χ2v) is 4.61. The summed E-state index contributed by atoms with van der Waals surface area (Å²) in [6.45, 7) is 0. The van der Waals surface area contributed by atoms with Crippen molar-refractivity contribution >= 4 is 5.97 Å². The Morgan fingerprint density at radius 3 is 2.12 bits per heavy atom. The van der Waals surface area contributed by atoms with Crippen molar-refractivity contribution in [1.29, 1.82) is 0 Å². The fraction of sp³-hybridized carbons (Fsp3) is 0.133. The van der Waals surface area contributed by atoms with Crippen molar-refractivity contribution in [2.24, 2.45) is 0 Å². The van der Waals surface area contributed by atoms with E-state index in [0.29, 0.717) is 0 Å². The van der Waals surface area contributed by atoms with Gasteiger partial charge in [-0.15, -0.1) is 13.2 Å². The van der Waals surface area contributed by atoms with Crippen molar-refractivity contribution in [3.63, 3.8) is 0 Å². The number of alkyl halides is 6. The van der Waals surface area contributed by atoms with Crippen LogP contribution in [0.15, 0.2) is 42.5 Å². The summed E-state index contributed by atoms with van der Waals surface area (Å²) in [7, 11) is 0. The third-order valence-corrected chi connectivity index (χ3v) is 2.96. The highest BCUT2D eigenvalue weighted by Crippen LogP contribution is 2.40. The van der Waals surface area contributed by atoms with Gasteiger partial charge in [0.15, 0.2) is 0 Å². The first-order valence-corrected chi connectivity index (χ1v) is 6.29. The molecule has 128 valence electrons. The van der Waals surface area contributed by atoms with Gasteiger partial charge < -0.3 is 9.84 Å². The van der Waals surface area contributed by atoms with E-state index < -0.39 is 40.9 Å². The molecule has 0 aliphatic carbocycles. The minimum Gasteiger partial charge on any atom is -0.478 e. The summed E-state index contributed by atoms with van der Waals surface area (Å²) in [4.78, 5) is 11.0. The quantitative estimate of drug-likeness (QED) is 0.795. The van der Waals surface area contributed by atoms with Crippen molar-refractivity contribution in [2.75, 3.05) is 0 Å². The van der Waals surface area contributed by atoms with E-state index in [1.165, 1.54) is 0 Å². The maximum absolute atomic E-state index is 13.3. The van der Waals surface area contributed by atoms with E-state index in [4.69, 9.17) is 5.11 Å². The summed E-state index contributed by atoms with van der Waals surface area (Å²) in [5.41, 5.74) is -3.26. The van der Waals surface area contributed by atoms with Crippen LogP contribution in [0.5, 0.6) is 5.75 Å². The number of aromatic carboxylic acids is 1. The summed E-state index contributed by atoms with van der Waals surface area (Å²) in [5.74, 6) is -2.51. The zero-order valence-electron chi connectivity index (χ0n) is 11.6. The molecule has 0 fully saturated rings. The lowest BCUT2D eigenvalue weighted by Gasteiger charge is -2.16. The first-order valence-electron chi connectivity index (χ1n) is 6.29. The summed E-state index contributed by atoms with van der Waals surface area (Å²) in [6, 6.07) is 6.69. The Hall–Kier alpha value is -2.71. The lowest BCUT2D eigenvalue weighted by Crippen LogP contribution is -2.17. The molecule has 0 atom stereocenters. The maximum Gasteiger partial charge on any atom is 0.573 e. The molecule has 0 saturated heterocycles. The SMILES string of the molecule is O=C(O)c1cccc(-c2cccc(OC(F)(F)F)c2)c1C(F)(F)F. The van der Waals surface area contributed by atoms with Gasteiger partial charge in [-0.2, -0.15) is 13.2 Å². The summed E-state index contributed by atoms with van der Waals surface area (Å²) < 4.78 is 80.1. The Labute approximate surface area is 131 Å². The molecule has 24 heavy (non-hydrogen) atoms. The van der Waals surface area contributed by atoms with Crippen molar-refractivity contribution < 1.29 is 41.0 Å². The Balaban J connectivity index is 2.63. The fourth-order valence-corrected chi connectivity index (χ4v) is 2.14. The van der Waals surface area contributed by atoms with Gasteiger partial charge in [-0.05, 0) is 29.3 Å². The number of carboxylic acid groups (broad SMARTS) is 1. The predicted molar refractivity (Wildman–Crippen MR) is 70.5 cm³/mol. The van der Waals surface area contributed by atoms with Crippen LogP contribution in [-0.2, 0) is 6.18 Å². The minimum atomic E-state index is -5.01. The van der Waals surface area contributed by atoms with Crippen molar-refractivity contribution in [3.05, 3.63) is 53.6 Å². The standard InChI is InChI=1S/C15H8F6O3/c16-14(17,18)12-10(5-2-6-11(12)13(22)23)8-3-1-4-9(7-8)24-15(19,20)21/h1-7H,(H,22,23). The average Bonchev–Trinajstić information content (AvgIpc) is 2.44. The summed E-state index contributed by atoms with van der Waals surface area (Å²) in [6.07, 6.45) is -10.0. The molecule has 3 nitrogen and oxygen atoms in total. The molecule has 2 rings (SSSR count). The fourth-order valence-electron chi connectivity index (χ4n) is 2.14. The van der Waals surface area contributed by atoms with E-state index in [0.717, 1.165) is 42.5 Å². The van der Waals surface area contributed by atoms with Crippen LogP contribution >= 0.6 is 0 Å². The molecule has 1 N–H and O–H groups in total. The van der Waals surface area contributed by atoms with Gasteiger partial charge in [-0.25, -0.2) is 4.79 Å². The number of hydrogen-bond donors (Lipinski definition) is 1. The van der Waals surface area contributed by atoms with Crippen LogP contribution in [0, 0.1) is 0 Å². The normalized spacial score (nSPS) is 12.1. The second-order valence-electron chi connectivity index (χ2n) is 4.61. The molecule has 9 heteroatoms. The molecule has 0 unspecified atom stereocenters. The van der Waals surface area contributed by atoms with Crippen LogP contribution in [0.2, 0.25) is 0 Å². The monoisotopic (exact) mass is 350 g/mol. The van der Waals surface area contributed by atoms with Gasteiger partial charge in [0.1, 0.15) is 5.75 Å². The third-order valence-electron chi connectivity index (χ3n) is 2.96. The number of hydrogen-bond acceptors (Lipinski definition) is 2. The van der Waals surface area contributed by atoms with Gasteiger partial charge in [-0.1, -0.05) is 24.3 Å². The number of halogens is 6. The topological polar surface area (TPSA) is 46.5 Å². The second kappa shape index (κ2) is 6.06. The van der Waals surface area contributed by atoms with E-state index in [1.807, 2.05) is 0 Å². The predicted octanol–water partition coefficient (Wildman–Crippen LogP) is 4.97. The summed E-state index contributed by atoms with van der Waals surface area (Å²) in [5, 5.41) is 8.93. The Morgan fingerprint density at radius 2 is 1.58 bits per heavy atom. The van der Waals surface area contributed by atoms with E-state index in [-0.39, 0.29) is 5.56 Å². The Morgan fingerprint density at radius 1 is 0.958 bits per heavy atom. The largest absolute Gasteiger partial charge is 0.573 e. The van der Waals surface area contributed by atoms with Gasteiger partial charge in [0.05, 0.1) is 11.1 Å². The van der Waals surface area contributed by atoms with Crippen LogP contribution in [0.1, 0.15) is 15.9 Å². The van der Waals surface area contributed by atoms with Crippen LogP contribution in [0.25, 0.3) is 11.1 Å². The Bertz CT molecular complexity index is 765. The van der Waals surface area contributed by atoms with Gasteiger partial charge in [0, 0.05) is 0 Å². The van der Waals surface area contributed by atoms with Crippen LogP contribution in [0.4, 0.5) is 26.3 Å². The zero-order chi connectivity index (χ0) is 18.1. The summed E-state index contributed by atoms with van der Waals surface area (Å²) >= 11 is 0. The first-order chi connectivity index (χ1) is 11.0. The molecule has 0 aliphatic heterocycles. The number of carboxylic acids is 1. The van der Waals surface area contributed by atoms with E-state index in [9.17, 15) is 31.1 Å². The number of benzene rings is 2. The van der Waals surface area contributed by atoms with Gasteiger partial charge in [0.25, 0.3) is 0 Å². The number of carbonyl (C=O) groups is 1. The molecule has 2 aromatic rings. The molecule has 0 heterocycles. The highest BCUT2D eigenvalue weighted by atomic mass is 19.4. The van der Waals surface area contributed by atoms with Gasteiger partial charge in [0.2, 0.25) is 0 Å².